The summed E-state index contributed by atoms with van der Waals surface area (Å²) in [7, 11) is 0. The number of imidazole rings is 1. The second-order valence-corrected chi connectivity index (χ2v) is 6.48. The molecule has 3 rings (SSSR count). The van der Waals surface area contributed by atoms with Crippen LogP contribution in [0.4, 0.5) is 0 Å². The highest BCUT2D eigenvalue weighted by atomic mass is 32.1. The summed E-state index contributed by atoms with van der Waals surface area (Å²) in [6, 6.07) is 0.821. The Morgan fingerprint density at radius 1 is 1.42 bits per heavy atom. The molecule has 0 aliphatic heterocycles. The van der Waals surface area contributed by atoms with Crippen molar-refractivity contribution in [1.29, 1.82) is 0 Å². The molecule has 0 amide bonds. The van der Waals surface area contributed by atoms with Gasteiger partial charge in [0.15, 0.2) is 10.8 Å². The first-order valence-electron chi connectivity index (χ1n) is 6.89. The van der Waals surface area contributed by atoms with Crippen molar-refractivity contribution in [2.45, 2.75) is 51.1 Å². The van der Waals surface area contributed by atoms with E-state index < -0.39 is 0 Å². The molecule has 1 aliphatic carbocycles. The Morgan fingerprint density at radius 3 is 2.89 bits per heavy atom. The minimum absolute atomic E-state index is 0.336. The summed E-state index contributed by atoms with van der Waals surface area (Å²) in [5.74, 6) is 1.46. The molecule has 0 saturated heterocycles. The number of rotatable bonds is 3. The van der Waals surface area contributed by atoms with Crippen molar-refractivity contribution in [2.24, 2.45) is 5.73 Å². The molecule has 1 fully saturated rings. The molecule has 2 aromatic heterocycles. The van der Waals surface area contributed by atoms with Crippen LogP contribution in [0.2, 0.25) is 0 Å². The molecule has 0 bridgehead atoms. The molecule has 0 radical (unpaired) electrons. The molecule has 2 atom stereocenters. The normalized spacial score (nSPS) is 23.4. The lowest BCUT2D eigenvalue weighted by Crippen LogP contribution is -2.16. The number of aromatic nitrogens is 3. The van der Waals surface area contributed by atoms with Crippen molar-refractivity contribution in [2.75, 3.05) is 0 Å². The van der Waals surface area contributed by atoms with Crippen LogP contribution in [0, 0.1) is 0 Å². The van der Waals surface area contributed by atoms with Crippen LogP contribution in [0.15, 0.2) is 17.8 Å². The van der Waals surface area contributed by atoms with E-state index in [-0.39, 0.29) is 0 Å². The Hall–Kier alpha value is -1.20. The quantitative estimate of drug-likeness (QED) is 0.936. The van der Waals surface area contributed by atoms with Gasteiger partial charge in [0.25, 0.3) is 0 Å². The van der Waals surface area contributed by atoms with Gasteiger partial charge in [-0.05, 0) is 25.2 Å². The lowest BCUT2D eigenvalue weighted by atomic mass is 10.2. The molecule has 2 N–H and O–H groups in total. The molecule has 0 unspecified atom stereocenters. The minimum atomic E-state index is 0.336. The van der Waals surface area contributed by atoms with E-state index in [0.29, 0.717) is 18.0 Å². The molecule has 4 nitrogen and oxygen atoms in total. The van der Waals surface area contributed by atoms with Crippen LogP contribution in [0.5, 0.6) is 0 Å². The summed E-state index contributed by atoms with van der Waals surface area (Å²) in [5, 5.41) is 3.16. The molecule has 102 valence electrons. The molecular formula is C14H20N4S. The molecule has 0 aromatic carbocycles. The van der Waals surface area contributed by atoms with Gasteiger partial charge in [-0.15, -0.1) is 11.3 Å². The Bertz CT molecular complexity index is 557. The second kappa shape index (κ2) is 5.06. The highest BCUT2D eigenvalue weighted by Crippen LogP contribution is 2.34. The van der Waals surface area contributed by atoms with Crippen LogP contribution in [0.3, 0.4) is 0 Å². The largest absolute Gasteiger partial charge is 0.328 e. The molecular weight excluding hydrogens is 256 g/mol. The molecule has 2 aromatic rings. The molecule has 1 aliphatic rings. The van der Waals surface area contributed by atoms with Crippen molar-refractivity contribution in [3.8, 4) is 10.8 Å². The maximum Gasteiger partial charge on any atom is 0.169 e. The first-order valence-corrected chi connectivity index (χ1v) is 7.77. The van der Waals surface area contributed by atoms with E-state index in [4.69, 9.17) is 10.7 Å². The smallest absolute Gasteiger partial charge is 0.169 e. The molecule has 0 spiro atoms. The third-order valence-electron chi connectivity index (χ3n) is 3.81. The number of hydrogen-bond donors (Lipinski definition) is 1. The van der Waals surface area contributed by atoms with Crippen LogP contribution in [-0.4, -0.2) is 20.6 Å². The van der Waals surface area contributed by atoms with Crippen LogP contribution in [0.25, 0.3) is 10.8 Å². The van der Waals surface area contributed by atoms with E-state index in [1.807, 2.05) is 6.20 Å². The number of hydrogen-bond acceptors (Lipinski definition) is 4. The summed E-state index contributed by atoms with van der Waals surface area (Å²) in [6.45, 7) is 4.34. The van der Waals surface area contributed by atoms with Crippen molar-refractivity contribution in [3.63, 3.8) is 0 Å². The third kappa shape index (κ3) is 2.44. The Morgan fingerprint density at radius 2 is 2.26 bits per heavy atom. The fourth-order valence-electron chi connectivity index (χ4n) is 2.67. The van der Waals surface area contributed by atoms with Crippen LogP contribution >= 0.6 is 11.3 Å². The zero-order valence-corrected chi connectivity index (χ0v) is 12.2. The zero-order chi connectivity index (χ0) is 13.4. The molecule has 1 saturated carbocycles. The Labute approximate surface area is 117 Å². The number of thiazole rings is 1. The standard InChI is InChI=1S/C14H20N4S/c1-9(2)12-8-19-14(17-12)13-16-5-6-18(13)11-4-3-10(15)7-11/h5-6,8-11H,3-4,7,15H2,1-2H3/t10-,11+/m0/s1. The van der Waals surface area contributed by atoms with Gasteiger partial charge in [-0.1, -0.05) is 13.8 Å². The predicted molar refractivity (Wildman–Crippen MR) is 78.3 cm³/mol. The summed E-state index contributed by atoms with van der Waals surface area (Å²) >= 11 is 1.68. The van der Waals surface area contributed by atoms with Crippen LogP contribution in [0.1, 0.15) is 50.8 Å². The number of nitrogens with two attached hydrogens (primary N) is 1. The van der Waals surface area contributed by atoms with Gasteiger partial charge in [-0.2, -0.15) is 0 Å². The van der Waals surface area contributed by atoms with Crippen molar-refractivity contribution < 1.29 is 0 Å². The highest BCUT2D eigenvalue weighted by molar-refractivity contribution is 7.13. The zero-order valence-electron chi connectivity index (χ0n) is 11.4. The monoisotopic (exact) mass is 276 g/mol. The SMILES string of the molecule is CC(C)c1csc(-c2nccn2[C@@H]2CC[C@H](N)C2)n1. The Kier molecular flexibility index (Phi) is 3.41. The van der Waals surface area contributed by atoms with E-state index in [1.165, 1.54) is 0 Å². The van der Waals surface area contributed by atoms with Crippen molar-refractivity contribution in [1.82, 2.24) is 14.5 Å². The fourth-order valence-corrected chi connectivity index (χ4v) is 3.65. The molecule has 2 heterocycles. The predicted octanol–water partition coefficient (Wildman–Crippen LogP) is 3.18. The van der Waals surface area contributed by atoms with Gasteiger partial charge in [0.2, 0.25) is 0 Å². The lowest BCUT2D eigenvalue weighted by Gasteiger charge is -2.14. The van der Waals surface area contributed by atoms with Crippen molar-refractivity contribution >= 4 is 11.3 Å². The average molecular weight is 276 g/mol. The second-order valence-electron chi connectivity index (χ2n) is 5.62. The maximum atomic E-state index is 6.02. The number of nitrogens with zero attached hydrogens (tertiary/aromatic N) is 3. The Balaban J connectivity index is 1.90. The minimum Gasteiger partial charge on any atom is -0.328 e. The maximum absolute atomic E-state index is 6.02. The summed E-state index contributed by atoms with van der Waals surface area (Å²) in [4.78, 5) is 9.21. The van der Waals surface area contributed by atoms with E-state index >= 15 is 0 Å². The van der Waals surface area contributed by atoms with Gasteiger partial charge in [0, 0.05) is 29.9 Å². The van der Waals surface area contributed by atoms with E-state index in [0.717, 1.165) is 35.8 Å². The fraction of sp³-hybridized carbons (Fsp3) is 0.571. The topological polar surface area (TPSA) is 56.7 Å². The third-order valence-corrected chi connectivity index (χ3v) is 4.67. The van der Waals surface area contributed by atoms with E-state index in [2.05, 4.69) is 35.0 Å². The van der Waals surface area contributed by atoms with Crippen molar-refractivity contribution in [3.05, 3.63) is 23.5 Å². The van der Waals surface area contributed by atoms with Gasteiger partial charge in [-0.25, -0.2) is 9.97 Å². The summed E-state index contributed by atoms with van der Waals surface area (Å²) < 4.78 is 2.26. The lowest BCUT2D eigenvalue weighted by molar-refractivity contribution is 0.514. The van der Waals surface area contributed by atoms with Gasteiger partial charge in [-0.3, -0.25) is 0 Å². The van der Waals surface area contributed by atoms with Gasteiger partial charge in [0.05, 0.1) is 5.69 Å². The average Bonchev–Trinajstić information content (AvgIpc) is 3.07. The van der Waals surface area contributed by atoms with Gasteiger partial charge < -0.3 is 10.3 Å². The molecule has 19 heavy (non-hydrogen) atoms. The van der Waals surface area contributed by atoms with Crippen LogP contribution in [-0.2, 0) is 0 Å². The van der Waals surface area contributed by atoms with Gasteiger partial charge in [0.1, 0.15) is 0 Å². The van der Waals surface area contributed by atoms with E-state index in [9.17, 15) is 0 Å². The summed E-state index contributed by atoms with van der Waals surface area (Å²) in [5.41, 5.74) is 7.17. The first-order chi connectivity index (χ1) is 9.15. The summed E-state index contributed by atoms with van der Waals surface area (Å²) in [6.07, 6.45) is 7.24. The van der Waals surface area contributed by atoms with Crippen LogP contribution < -0.4 is 5.73 Å². The van der Waals surface area contributed by atoms with E-state index in [1.54, 1.807) is 11.3 Å². The highest BCUT2D eigenvalue weighted by Gasteiger charge is 2.25. The first kappa shape index (κ1) is 12.8. The molecule has 5 heteroatoms. The van der Waals surface area contributed by atoms with Gasteiger partial charge >= 0.3 is 0 Å².